The molecule has 6 heteroatoms. The number of anilines is 1. The number of oxazole rings is 1. The molecule has 0 bridgehead atoms. The van der Waals surface area contributed by atoms with E-state index in [9.17, 15) is 10.1 Å². The Kier molecular flexibility index (Phi) is 3.37. The Labute approximate surface area is 115 Å². The van der Waals surface area contributed by atoms with Gasteiger partial charge in [0.2, 0.25) is 0 Å². The van der Waals surface area contributed by atoms with Crippen molar-refractivity contribution in [1.82, 2.24) is 4.98 Å². The van der Waals surface area contributed by atoms with Crippen LogP contribution in [0.2, 0.25) is 0 Å². The van der Waals surface area contributed by atoms with Crippen molar-refractivity contribution in [3.8, 4) is 0 Å². The first-order valence-electron chi connectivity index (χ1n) is 6.70. The number of hydrogen-bond acceptors (Lipinski definition) is 5. The molecule has 6 nitrogen and oxygen atoms in total. The molecule has 1 N–H and O–H groups in total. The van der Waals surface area contributed by atoms with Gasteiger partial charge in [-0.2, -0.15) is 4.98 Å². The first-order valence-corrected chi connectivity index (χ1v) is 6.70. The number of nitrogens with zero attached hydrogens (tertiary/aromatic N) is 2. The summed E-state index contributed by atoms with van der Waals surface area (Å²) in [5, 5.41) is 14.0. The molecule has 0 amide bonds. The second-order valence-corrected chi connectivity index (χ2v) is 4.83. The second kappa shape index (κ2) is 5.32. The number of allylic oxidation sites excluding steroid dienone is 1. The number of rotatable bonds is 5. The maximum atomic E-state index is 10.9. The van der Waals surface area contributed by atoms with Crippen molar-refractivity contribution >= 4 is 22.8 Å². The fraction of sp³-hybridized carbons (Fsp3) is 0.357. The SMILES string of the molecule is O=[N+]([O-])c1cccc2oc(NCCC3=CCCC3)nc12. The van der Waals surface area contributed by atoms with Gasteiger partial charge in [-0.05, 0) is 31.7 Å². The van der Waals surface area contributed by atoms with Crippen LogP contribution in [0.15, 0.2) is 34.3 Å². The average Bonchev–Trinajstić information content (AvgIpc) is 3.06. The summed E-state index contributed by atoms with van der Waals surface area (Å²) in [6, 6.07) is 5.05. The molecule has 1 aromatic heterocycles. The van der Waals surface area contributed by atoms with Crippen LogP contribution in [0.1, 0.15) is 25.7 Å². The van der Waals surface area contributed by atoms with E-state index in [0.717, 1.165) is 13.0 Å². The molecule has 1 aliphatic rings. The molecule has 0 saturated heterocycles. The van der Waals surface area contributed by atoms with Gasteiger partial charge in [0.15, 0.2) is 11.1 Å². The Morgan fingerprint density at radius 2 is 2.35 bits per heavy atom. The maximum absolute atomic E-state index is 10.9. The number of non-ortho nitro benzene ring substituents is 1. The summed E-state index contributed by atoms with van der Waals surface area (Å²) in [6.07, 6.45) is 6.81. The Bertz CT molecular complexity index is 675. The molecule has 1 aliphatic carbocycles. The van der Waals surface area contributed by atoms with E-state index < -0.39 is 4.92 Å². The molecule has 1 aromatic carbocycles. The number of nitro benzene ring substituents is 1. The minimum absolute atomic E-state index is 0.0298. The molecule has 3 rings (SSSR count). The smallest absolute Gasteiger partial charge is 0.298 e. The van der Waals surface area contributed by atoms with Gasteiger partial charge < -0.3 is 9.73 Å². The van der Waals surface area contributed by atoms with Gasteiger partial charge in [-0.3, -0.25) is 10.1 Å². The lowest BCUT2D eigenvalue weighted by atomic mass is 10.2. The van der Waals surface area contributed by atoms with E-state index >= 15 is 0 Å². The van der Waals surface area contributed by atoms with Crippen molar-refractivity contribution in [1.29, 1.82) is 0 Å². The fourth-order valence-electron chi connectivity index (χ4n) is 2.45. The highest BCUT2D eigenvalue weighted by molar-refractivity contribution is 5.83. The van der Waals surface area contributed by atoms with Crippen LogP contribution in [-0.4, -0.2) is 16.5 Å². The van der Waals surface area contributed by atoms with Gasteiger partial charge in [-0.25, -0.2) is 0 Å². The largest absolute Gasteiger partial charge is 0.423 e. The maximum Gasteiger partial charge on any atom is 0.298 e. The van der Waals surface area contributed by atoms with Crippen molar-refractivity contribution < 1.29 is 9.34 Å². The van der Waals surface area contributed by atoms with Crippen LogP contribution in [0.25, 0.3) is 11.1 Å². The highest BCUT2D eigenvalue weighted by Gasteiger charge is 2.17. The number of fused-ring (bicyclic) bond motifs is 1. The normalized spacial score (nSPS) is 14.5. The Morgan fingerprint density at radius 3 is 3.10 bits per heavy atom. The third-order valence-electron chi connectivity index (χ3n) is 3.45. The highest BCUT2D eigenvalue weighted by atomic mass is 16.6. The number of nitrogens with one attached hydrogen (secondary N) is 1. The minimum Gasteiger partial charge on any atom is -0.423 e. The van der Waals surface area contributed by atoms with E-state index in [1.54, 1.807) is 12.1 Å². The standard InChI is InChI=1S/C14H15N3O3/c18-17(19)11-6-3-7-12-13(11)16-14(20-12)15-9-8-10-4-1-2-5-10/h3-4,6-7H,1-2,5,8-9H2,(H,15,16). The van der Waals surface area contributed by atoms with Gasteiger partial charge in [0.05, 0.1) is 4.92 Å². The van der Waals surface area contributed by atoms with Crippen molar-refractivity contribution in [3.63, 3.8) is 0 Å². The van der Waals surface area contributed by atoms with E-state index in [2.05, 4.69) is 16.4 Å². The predicted molar refractivity (Wildman–Crippen MR) is 75.7 cm³/mol. The molecule has 0 atom stereocenters. The van der Waals surface area contributed by atoms with Crippen LogP contribution >= 0.6 is 0 Å². The van der Waals surface area contributed by atoms with Crippen LogP contribution in [-0.2, 0) is 0 Å². The summed E-state index contributed by atoms with van der Waals surface area (Å²) in [7, 11) is 0. The summed E-state index contributed by atoms with van der Waals surface area (Å²) in [4.78, 5) is 14.6. The third-order valence-corrected chi connectivity index (χ3v) is 3.45. The zero-order valence-electron chi connectivity index (χ0n) is 11.0. The Balaban J connectivity index is 1.72. The zero-order chi connectivity index (χ0) is 13.9. The molecule has 0 aliphatic heterocycles. The van der Waals surface area contributed by atoms with E-state index in [1.165, 1.54) is 30.9 Å². The van der Waals surface area contributed by atoms with Gasteiger partial charge in [-0.15, -0.1) is 0 Å². The first-order chi connectivity index (χ1) is 9.74. The summed E-state index contributed by atoms with van der Waals surface area (Å²) >= 11 is 0. The van der Waals surface area contributed by atoms with Crippen molar-refractivity contribution in [3.05, 3.63) is 40.0 Å². The number of benzene rings is 1. The van der Waals surface area contributed by atoms with E-state index in [0.29, 0.717) is 17.1 Å². The molecule has 0 spiro atoms. The average molecular weight is 273 g/mol. The summed E-state index contributed by atoms with van der Waals surface area (Å²) in [6.45, 7) is 0.729. The van der Waals surface area contributed by atoms with Gasteiger partial charge in [-0.1, -0.05) is 17.7 Å². The minimum atomic E-state index is -0.446. The monoisotopic (exact) mass is 273 g/mol. The number of nitro groups is 1. The lowest BCUT2D eigenvalue weighted by molar-refractivity contribution is -0.383. The molecule has 0 fully saturated rings. The van der Waals surface area contributed by atoms with Crippen LogP contribution in [0.4, 0.5) is 11.7 Å². The topological polar surface area (TPSA) is 81.2 Å². The molecule has 0 unspecified atom stereocenters. The summed E-state index contributed by atoms with van der Waals surface area (Å²) < 4.78 is 5.48. The number of aromatic nitrogens is 1. The van der Waals surface area contributed by atoms with Crippen molar-refractivity contribution in [2.24, 2.45) is 0 Å². The number of para-hydroxylation sites is 1. The highest BCUT2D eigenvalue weighted by Crippen LogP contribution is 2.27. The van der Waals surface area contributed by atoms with Crippen LogP contribution in [0, 0.1) is 10.1 Å². The molecule has 2 aromatic rings. The van der Waals surface area contributed by atoms with Gasteiger partial charge in [0, 0.05) is 12.6 Å². The number of hydrogen-bond donors (Lipinski definition) is 1. The molecular weight excluding hydrogens is 258 g/mol. The van der Waals surface area contributed by atoms with Crippen LogP contribution < -0.4 is 5.32 Å². The fourth-order valence-corrected chi connectivity index (χ4v) is 2.45. The van der Waals surface area contributed by atoms with E-state index in [-0.39, 0.29) is 5.69 Å². The summed E-state index contributed by atoms with van der Waals surface area (Å²) in [5.41, 5.74) is 2.15. The second-order valence-electron chi connectivity index (χ2n) is 4.83. The Hall–Kier alpha value is -2.37. The predicted octanol–water partition coefficient (Wildman–Crippen LogP) is 3.65. The van der Waals surface area contributed by atoms with Gasteiger partial charge in [0.1, 0.15) is 0 Å². The van der Waals surface area contributed by atoms with E-state index in [4.69, 9.17) is 4.42 Å². The molecule has 0 saturated carbocycles. The first kappa shape index (κ1) is 12.7. The molecule has 20 heavy (non-hydrogen) atoms. The molecular formula is C14H15N3O3. The van der Waals surface area contributed by atoms with Crippen LogP contribution in [0.5, 0.6) is 0 Å². The van der Waals surface area contributed by atoms with Gasteiger partial charge in [0.25, 0.3) is 11.7 Å². The van der Waals surface area contributed by atoms with E-state index in [1.807, 2.05) is 0 Å². The third kappa shape index (κ3) is 2.49. The van der Waals surface area contributed by atoms with Crippen molar-refractivity contribution in [2.45, 2.75) is 25.7 Å². The van der Waals surface area contributed by atoms with Gasteiger partial charge >= 0.3 is 0 Å². The zero-order valence-corrected chi connectivity index (χ0v) is 11.0. The molecule has 1 heterocycles. The lowest BCUT2D eigenvalue weighted by Gasteiger charge is -2.01. The molecule has 104 valence electrons. The van der Waals surface area contributed by atoms with Crippen LogP contribution in [0.3, 0.4) is 0 Å². The molecule has 0 radical (unpaired) electrons. The quantitative estimate of drug-likeness (QED) is 0.511. The van der Waals surface area contributed by atoms with Crippen molar-refractivity contribution in [2.75, 3.05) is 11.9 Å². The lowest BCUT2D eigenvalue weighted by Crippen LogP contribution is -2.02. The Morgan fingerprint density at radius 1 is 1.45 bits per heavy atom. The summed E-state index contributed by atoms with van der Waals surface area (Å²) in [5.74, 6) is 0.